The summed E-state index contributed by atoms with van der Waals surface area (Å²) in [6.07, 6.45) is 22.0. The zero-order valence-corrected chi connectivity index (χ0v) is 39.6. The molecule has 5 heteroatoms. The van der Waals surface area contributed by atoms with Gasteiger partial charge in [-0.1, -0.05) is 181 Å². The van der Waals surface area contributed by atoms with E-state index in [9.17, 15) is 0 Å². The molecule has 3 atom stereocenters. The lowest BCUT2D eigenvalue weighted by molar-refractivity contribution is 0.427. The number of unbranched alkanes of at least 4 members (excludes halogenated alkanes) is 3. The number of allylic oxidation sites excluding steroid dienone is 3. The van der Waals surface area contributed by atoms with Crippen LogP contribution in [0.2, 0.25) is 0 Å². The van der Waals surface area contributed by atoms with E-state index < -0.39 is 0 Å². The van der Waals surface area contributed by atoms with E-state index in [1.54, 1.807) is 0 Å². The summed E-state index contributed by atoms with van der Waals surface area (Å²) in [5.41, 5.74) is 9.87. The molecule has 332 valence electrons. The van der Waals surface area contributed by atoms with Crippen molar-refractivity contribution >= 4 is 45.6 Å². The van der Waals surface area contributed by atoms with Gasteiger partial charge in [0.15, 0.2) is 0 Å². The van der Waals surface area contributed by atoms with E-state index in [0.717, 1.165) is 54.1 Å². The molecule has 3 rings (SSSR count). The fourth-order valence-corrected chi connectivity index (χ4v) is 8.00. The van der Waals surface area contributed by atoms with Crippen LogP contribution >= 0.6 is 0 Å². The molecule has 0 aliphatic heterocycles. The van der Waals surface area contributed by atoms with Gasteiger partial charge in [0.05, 0.1) is 0 Å². The highest BCUT2D eigenvalue weighted by Gasteiger charge is 2.12. The van der Waals surface area contributed by atoms with Gasteiger partial charge < -0.3 is 16.0 Å². The number of guanidine groups is 1. The lowest BCUT2D eigenvalue weighted by Crippen LogP contribution is -2.17. The molecule has 3 aromatic rings. The molecule has 3 N–H and O–H groups in total. The molecule has 0 aliphatic rings. The molecule has 0 spiro atoms. The number of amidine groups is 1. The second-order valence-corrected chi connectivity index (χ2v) is 17.4. The summed E-state index contributed by atoms with van der Waals surface area (Å²) in [6, 6.07) is 25.4. The van der Waals surface area contributed by atoms with Crippen LogP contribution < -0.4 is 16.0 Å². The molecule has 0 saturated carbocycles. The maximum Gasteiger partial charge on any atom is 0.230 e. The fraction of sp³-hybridized carbons (Fsp3) is 0.500. The molecule has 0 amide bonds. The van der Waals surface area contributed by atoms with Crippen molar-refractivity contribution in [3.05, 3.63) is 122 Å². The third kappa shape index (κ3) is 19.3. The highest BCUT2D eigenvalue weighted by atomic mass is 15.2. The molecule has 0 aromatic heterocycles. The van der Waals surface area contributed by atoms with Gasteiger partial charge in [0, 0.05) is 17.1 Å². The van der Waals surface area contributed by atoms with Crippen molar-refractivity contribution in [2.24, 2.45) is 27.7 Å². The van der Waals surface area contributed by atoms with E-state index in [4.69, 9.17) is 9.98 Å². The third-order valence-corrected chi connectivity index (χ3v) is 12.5. The second-order valence-electron chi connectivity index (χ2n) is 17.4. The van der Waals surface area contributed by atoms with Crippen molar-refractivity contribution in [2.75, 3.05) is 16.0 Å². The van der Waals surface area contributed by atoms with E-state index in [2.05, 4.69) is 157 Å². The van der Waals surface area contributed by atoms with Crippen LogP contribution in [0.3, 0.4) is 0 Å². The zero-order valence-electron chi connectivity index (χ0n) is 39.6. The lowest BCUT2D eigenvalue weighted by Gasteiger charge is -2.16. The lowest BCUT2D eigenvalue weighted by atomic mass is 9.91. The number of hydrogen-bond donors (Lipinski definition) is 3. The van der Waals surface area contributed by atoms with Gasteiger partial charge in [-0.2, -0.15) is 9.98 Å². The Hall–Kier alpha value is -4.64. The first-order chi connectivity index (χ1) is 29.5. The first kappa shape index (κ1) is 50.7. The Labute approximate surface area is 373 Å². The number of nitrogens with zero attached hydrogens (tertiary/aromatic N) is 2. The van der Waals surface area contributed by atoms with E-state index in [-0.39, 0.29) is 0 Å². The van der Waals surface area contributed by atoms with E-state index in [1.807, 2.05) is 6.92 Å². The van der Waals surface area contributed by atoms with Crippen LogP contribution in [0.25, 0.3) is 16.7 Å². The van der Waals surface area contributed by atoms with Crippen molar-refractivity contribution in [3.8, 4) is 0 Å². The van der Waals surface area contributed by atoms with Gasteiger partial charge in [0.25, 0.3) is 0 Å². The van der Waals surface area contributed by atoms with Gasteiger partial charge in [0.2, 0.25) is 5.96 Å². The summed E-state index contributed by atoms with van der Waals surface area (Å²) >= 11 is 0. The summed E-state index contributed by atoms with van der Waals surface area (Å²) in [7, 11) is 0. The largest absolute Gasteiger partial charge is 0.344 e. The molecular formula is C56H83N5. The molecule has 0 bridgehead atoms. The molecule has 0 aliphatic carbocycles. The molecule has 0 radical (unpaired) electrons. The van der Waals surface area contributed by atoms with Crippen molar-refractivity contribution in [1.29, 1.82) is 0 Å². The highest BCUT2D eigenvalue weighted by molar-refractivity contribution is 6.06. The van der Waals surface area contributed by atoms with Crippen LogP contribution in [-0.4, -0.2) is 11.8 Å². The Morgan fingerprint density at radius 2 is 0.770 bits per heavy atom. The van der Waals surface area contributed by atoms with Gasteiger partial charge in [-0.15, -0.1) is 0 Å². The monoisotopic (exact) mass is 826 g/mol. The quantitative estimate of drug-likeness (QED) is 0.0483. The predicted octanol–water partition coefficient (Wildman–Crippen LogP) is 17.6. The van der Waals surface area contributed by atoms with E-state index in [1.165, 1.54) is 130 Å². The Morgan fingerprint density at radius 3 is 1.10 bits per heavy atom. The molecule has 61 heavy (non-hydrogen) atoms. The molecule has 0 fully saturated rings. The molecule has 0 saturated heterocycles. The maximum absolute atomic E-state index is 4.92. The van der Waals surface area contributed by atoms with Crippen molar-refractivity contribution in [3.63, 3.8) is 0 Å². The van der Waals surface area contributed by atoms with Gasteiger partial charge >= 0.3 is 0 Å². The van der Waals surface area contributed by atoms with Crippen LogP contribution in [0.15, 0.2) is 115 Å². The van der Waals surface area contributed by atoms with Crippen LogP contribution in [0, 0.1) is 17.8 Å². The average Bonchev–Trinajstić information content (AvgIpc) is 3.27. The van der Waals surface area contributed by atoms with Crippen LogP contribution in [-0.2, 0) is 0 Å². The normalized spacial score (nSPS) is 13.3. The Kier molecular flexibility index (Phi) is 23.9. The Morgan fingerprint density at radius 1 is 0.443 bits per heavy atom. The van der Waals surface area contributed by atoms with Crippen LogP contribution in [0.1, 0.15) is 181 Å². The standard InChI is InChI=1S/C56H83N5/c1-12-18-21-47(15-4)27-24-42(7)50-30-36-53(37-31-50)57-45(10)59-56(61-55-40-34-52(35-41-55)44(9)26-29-49(17-6)23-20-14-3)60-46(11)58-54-38-32-51(33-39-54)43(8)25-28-48(16-5)22-19-13-2/h30-41,47-49,57H,7-10,12-29H2,1-6,11H3,(H2,58,59,60,61). The number of benzene rings is 3. The summed E-state index contributed by atoms with van der Waals surface area (Å²) < 4.78 is 0. The number of anilines is 3. The highest BCUT2D eigenvalue weighted by Crippen LogP contribution is 2.29. The molecular weight excluding hydrogens is 743 g/mol. The minimum absolute atomic E-state index is 0.424. The Balaban J connectivity index is 1.75. The summed E-state index contributed by atoms with van der Waals surface area (Å²) in [5, 5.41) is 10.3. The fourth-order valence-electron chi connectivity index (χ4n) is 8.00. The first-order valence-corrected chi connectivity index (χ1v) is 24.0. The van der Waals surface area contributed by atoms with Crippen LogP contribution in [0.5, 0.6) is 0 Å². The van der Waals surface area contributed by atoms with Crippen molar-refractivity contribution in [1.82, 2.24) is 0 Å². The molecule has 5 nitrogen and oxygen atoms in total. The predicted molar refractivity (Wildman–Crippen MR) is 275 cm³/mol. The first-order valence-electron chi connectivity index (χ1n) is 24.0. The maximum atomic E-state index is 4.92. The number of nitrogens with one attached hydrogen (secondary N) is 3. The van der Waals surface area contributed by atoms with Gasteiger partial charge in [-0.3, -0.25) is 0 Å². The van der Waals surface area contributed by atoms with Crippen molar-refractivity contribution in [2.45, 2.75) is 164 Å². The number of hydrogen-bond acceptors (Lipinski definition) is 2. The molecule has 0 heterocycles. The van der Waals surface area contributed by atoms with Crippen LogP contribution in [0.4, 0.5) is 17.1 Å². The second kappa shape index (κ2) is 28.8. The van der Waals surface area contributed by atoms with Gasteiger partial charge in [-0.25, -0.2) is 0 Å². The summed E-state index contributed by atoms with van der Waals surface area (Å²) in [6.45, 7) is 33.3. The minimum Gasteiger partial charge on any atom is -0.344 e. The van der Waals surface area contributed by atoms with Gasteiger partial charge in [-0.05, 0) is 133 Å². The topological polar surface area (TPSA) is 60.8 Å². The average molecular weight is 826 g/mol. The Bertz CT molecular complexity index is 1810. The van der Waals surface area contributed by atoms with E-state index in [0.29, 0.717) is 17.6 Å². The third-order valence-electron chi connectivity index (χ3n) is 12.5. The summed E-state index contributed by atoms with van der Waals surface area (Å²) in [5.74, 6) is 3.92. The summed E-state index contributed by atoms with van der Waals surface area (Å²) in [4.78, 5) is 9.78. The number of aliphatic imine (C=N–C) groups is 2. The minimum atomic E-state index is 0.424. The number of rotatable bonds is 29. The van der Waals surface area contributed by atoms with Gasteiger partial charge in [0.1, 0.15) is 11.7 Å². The van der Waals surface area contributed by atoms with Crippen molar-refractivity contribution < 1.29 is 0 Å². The smallest absolute Gasteiger partial charge is 0.230 e. The SMILES string of the molecule is C=C(N=C(N=C(C)Nc1ccc(C(=C)CCC(CC)CCCC)cc1)Nc1ccc(C(=C)CCC(CC)CCCC)cc1)Nc1ccc(C(=C)CCC(CC)CCCC)cc1. The zero-order chi connectivity index (χ0) is 44.4. The molecule has 3 aromatic carbocycles. The molecule has 3 unspecified atom stereocenters. The van der Waals surface area contributed by atoms with E-state index >= 15 is 0 Å².